The molecule has 6 heteroatoms. The van der Waals surface area contributed by atoms with Crippen molar-refractivity contribution >= 4 is 15.7 Å². The minimum absolute atomic E-state index is 0.0563. The summed E-state index contributed by atoms with van der Waals surface area (Å²) in [5, 5.41) is 3.38. The van der Waals surface area contributed by atoms with E-state index in [4.69, 9.17) is 0 Å². The highest BCUT2D eigenvalue weighted by Gasteiger charge is 2.32. The van der Waals surface area contributed by atoms with E-state index in [2.05, 4.69) is 57.3 Å². The van der Waals surface area contributed by atoms with Crippen molar-refractivity contribution in [1.82, 2.24) is 10.2 Å². The number of sulfone groups is 1. The summed E-state index contributed by atoms with van der Waals surface area (Å²) >= 11 is 0. The molecular formula is C21H34N2O3S. The fourth-order valence-corrected chi connectivity index (χ4v) is 5.45. The topological polar surface area (TPSA) is 66.5 Å². The summed E-state index contributed by atoms with van der Waals surface area (Å²) in [5.74, 6) is 1.17. The van der Waals surface area contributed by atoms with Gasteiger partial charge in [0.2, 0.25) is 5.91 Å². The van der Waals surface area contributed by atoms with Crippen LogP contribution in [0.5, 0.6) is 0 Å². The van der Waals surface area contributed by atoms with E-state index < -0.39 is 9.84 Å². The maximum Gasteiger partial charge on any atom is 0.236 e. The van der Waals surface area contributed by atoms with Crippen LogP contribution in [0.3, 0.4) is 0 Å². The quantitative estimate of drug-likeness (QED) is 0.736. The summed E-state index contributed by atoms with van der Waals surface area (Å²) < 4.78 is 23.3. The molecule has 0 aliphatic carbocycles. The number of carbonyl (C=O) groups is 1. The number of hydrogen-bond donors (Lipinski definition) is 1. The molecule has 2 rings (SSSR count). The molecule has 1 aliphatic heterocycles. The first-order valence-electron chi connectivity index (χ1n) is 9.87. The van der Waals surface area contributed by atoms with Gasteiger partial charge in [0.25, 0.3) is 0 Å². The number of nitrogens with zero attached hydrogens (tertiary/aromatic N) is 1. The van der Waals surface area contributed by atoms with E-state index >= 15 is 0 Å². The van der Waals surface area contributed by atoms with E-state index in [1.807, 2.05) is 0 Å². The third-order valence-corrected chi connectivity index (χ3v) is 7.02. The van der Waals surface area contributed by atoms with Gasteiger partial charge < -0.3 is 10.2 Å². The van der Waals surface area contributed by atoms with E-state index in [0.717, 1.165) is 6.42 Å². The predicted molar refractivity (Wildman–Crippen MR) is 110 cm³/mol. The molecule has 0 spiro atoms. The summed E-state index contributed by atoms with van der Waals surface area (Å²) in [4.78, 5) is 14.1. The smallest absolute Gasteiger partial charge is 0.236 e. The van der Waals surface area contributed by atoms with Crippen molar-refractivity contribution in [2.75, 3.05) is 25.1 Å². The van der Waals surface area contributed by atoms with Crippen molar-refractivity contribution in [1.29, 1.82) is 0 Å². The van der Waals surface area contributed by atoms with Gasteiger partial charge >= 0.3 is 0 Å². The van der Waals surface area contributed by atoms with Crippen LogP contribution < -0.4 is 5.32 Å². The second-order valence-electron chi connectivity index (χ2n) is 8.50. The third kappa shape index (κ3) is 6.32. The Morgan fingerprint density at radius 3 is 2.30 bits per heavy atom. The van der Waals surface area contributed by atoms with Gasteiger partial charge in [-0.2, -0.15) is 0 Å². The lowest BCUT2D eigenvalue weighted by atomic mass is 9.93. The molecule has 0 bridgehead atoms. The standard InChI is InChI=1S/C21H34N2O3S/c1-15(2)12-17-6-8-18(9-7-17)21(16(3)4)22-13-20(24)23(5)19-10-11-27(25,26)14-19/h6-9,15-16,19,21-22H,10-14H2,1-5H3/t19-,21+/m0/s1. The molecule has 0 radical (unpaired) electrons. The Bertz CT molecular complexity index is 726. The minimum Gasteiger partial charge on any atom is -0.341 e. The van der Waals surface area contributed by atoms with Crippen molar-refractivity contribution in [3.8, 4) is 0 Å². The highest BCUT2D eigenvalue weighted by Crippen LogP contribution is 2.23. The van der Waals surface area contributed by atoms with Gasteiger partial charge in [0, 0.05) is 19.1 Å². The third-order valence-electron chi connectivity index (χ3n) is 5.27. The molecule has 152 valence electrons. The lowest BCUT2D eigenvalue weighted by Crippen LogP contribution is -2.43. The number of carbonyl (C=O) groups excluding carboxylic acids is 1. The van der Waals surface area contributed by atoms with Crippen molar-refractivity contribution in [2.45, 2.75) is 52.6 Å². The largest absolute Gasteiger partial charge is 0.341 e. The molecule has 0 aromatic heterocycles. The molecule has 5 nitrogen and oxygen atoms in total. The number of rotatable bonds is 8. The Kier molecular flexibility index (Phi) is 7.46. The first kappa shape index (κ1) is 21.9. The number of nitrogens with one attached hydrogen (secondary N) is 1. The van der Waals surface area contributed by atoms with Crippen LogP contribution in [0.1, 0.15) is 51.3 Å². The average molecular weight is 395 g/mol. The summed E-state index contributed by atoms with van der Waals surface area (Å²) in [5.41, 5.74) is 2.51. The van der Waals surface area contributed by atoms with Gasteiger partial charge in [-0.15, -0.1) is 0 Å². The summed E-state index contributed by atoms with van der Waals surface area (Å²) in [6.07, 6.45) is 1.60. The van der Waals surface area contributed by atoms with E-state index in [1.165, 1.54) is 11.1 Å². The molecular weight excluding hydrogens is 360 g/mol. The van der Waals surface area contributed by atoms with E-state index in [-0.39, 0.29) is 36.0 Å². The minimum atomic E-state index is -2.99. The van der Waals surface area contributed by atoms with Crippen LogP contribution >= 0.6 is 0 Å². The average Bonchev–Trinajstić information content (AvgIpc) is 2.94. The lowest BCUT2D eigenvalue weighted by molar-refractivity contribution is -0.130. The fourth-order valence-electron chi connectivity index (χ4n) is 3.68. The summed E-state index contributed by atoms with van der Waals surface area (Å²) in [6.45, 7) is 8.91. The second-order valence-corrected chi connectivity index (χ2v) is 10.7. The van der Waals surface area contributed by atoms with Crippen LogP contribution in [0.25, 0.3) is 0 Å². The van der Waals surface area contributed by atoms with Crippen LogP contribution in [0, 0.1) is 11.8 Å². The predicted octanol–water partition coefficient (Wildman–Crippen LogP) is 2.82. The summed E-state index contributed by atoms with van der Waals surface area (Å²) in [6, 6.07) is 8.52. The van der Waals surface area contributed by atoms with Crippen molar-refractivity contribution in [3.63, 3.8) is 0 Å². The summed E-state index contributed by atoms with van der Waals surface area (Å²) in [7, 11) is -1.28. The van der Waals surface area contributed by atoms with Gasteiger partial charge in [0.05, 0.1) is 18.1 Å². The SMILES string of the molecule is CC(C)Cc1ccc([C@H](NCC(=O)N(C)[C@H]2CCS(=O)(=O)C2)C(C)C)cc1. The van der Waals surface area contributed by atoms with E-state index in [9.17, 15) is 13.2 Å². The van der Waals surface area contributed by atoms with E-state index in [0.29, 0.717) is 18.3 Å². The zero-order valence-corrected chi connectivity index (χ0v) is 18.1. The van der Waals surface area contributed by atoms with Gasteiger partial charge in [0.1, 0.15) is 0 Å². The monoisotopic (exact) mass is 394 g/mol. The molecule has 1 heterocycles. The van der Waals surface area contributed by atoms with Crippen LogP contribution in [0.4, 0.5) is 0 Å². The van der Waals surface area contributed by atoms with Crippen LogP contribution in [0.15, 0.2) is 24.3 Å². The van der Waals surface area contributed by atoms with Gasteiger partial charge in [0.15, 0.2) is 9.84 Å². The first-order valence-corrected chi connectivity index (χ1v) is 11.7. The normalized spacial score (nSPS) is 20.2. The molecule has 0 saturated carbocycles. The highest BCUT2D eigenvalue weighted by atomic mass is 32.2. The van der Waals surface area contributed by atoms with Crippen molar-refractivity contribution in [2.24, 2.45) is 11.8 Å². The first-order chi connectivity index (χ1) is 12.6. The molecule has 2 atom stereocenters. The van der Waals surface area contributed by atoms with Crippen LogP contribution in [-0.2, 0) is 21.1 Å². The van der Waals surface area contributed by atoms with Crippen molar-refractivity contribution in [3.05, 3.63) is 35.4 Å². The molecule has 0 unspecified atom stereocenters. The number of likely N-dealkylation sites (N-methyl/N-ethyl adjacent to an activating group) is 1. The molecule has 1 saturated heterocycles. The molecule has 1 N–H and O–H groups in total. The van der Waals surface area contributed by atoms with Gasteiger partial charge in [-0.05, 0) is 35.8 Å². The Labute approximate surface area is 164 Å². The molecule has 27 heavy (non-hydrogen) atoms. The lowest BCUT2D eigenvalue weighted by Gasteiger charge is -2.27. The Hall–Kier alpha value is -1.40. The van der Waals surface area contributed by atoms with Gasteiger partial charge in [-0.3, -0.25) is 4.79 Å². The zero-order chi connectivity index (χ0) is 20.2. The zero-order valence-electron chi connectivity index (χ0n) is 17.2. The molecule has 1 aromatic carbocycles. The number of hydrogen-bond acceptors (Lipinski definition) is 4. The number of benzene rings is 1. The van der Waals surface area contributed by atoms with Crippen molar-refractivity contribution < 1.29 is 13.2 Å². The van der Waals surface area contributed by atoms with Crippen LogP contribution in [-0.4, -0.2) is 50.4 Å². The fraction of sp³-hybridized carbons (Fsp3) is 0.667. The Morgan fingerprint density at radius 1 is 1.19 bits per heavy atom. The Balaban J connectivity index is 1.97. The molecule has 1 aliphatic rings. The van der Waals surface area contributed by atoms with Gasteiger partial charge in [-0.1, -0.05) is 52.0 Å². The highest BCUT2D eigenvalue weighted by molar-refractivity contribution is 7.91. The maximum atomic E-state index is 12.5. The number of amides is 1. The van der Waals surface area contributed by atoms with Crippen LogP contribution in [0.2, 0.25) is 0 Å². The molecule has 1 fully saturated rings. The Morgan fingerprint density at radius 2 is 1.81 bits per heavy atom. The molecule has 1 amide bonds. The van der Waals surface area contributed by atoms with E-state index in [1.54, 1.807) is 11.9 Å². The maximum absolute atomic E-state index is 12.5. The molecule has 1 aromatic rings. The van der Waals surface area contributed by atoms with Gasteiger partial charge in [-0.25, -0.2) is 8.42 Å². The second kappa shape index (κ2) is 9.20.